The highest BCUT2D eigenvalue weighted by Crippen LogP contribution is 2.30. The van der Waals surface area contributed by atoms with Crippen LogP contribution in [0.5, 0.6) is 0 Å². The molecular weight excluding hydrogens is 238 g/mol. The van der Waals surface area contributed by atoms with Crippen LogP contribution < -0.4 is 5.32 Å². The van der Waals surface area contributed by atoms with Gasteiger partial charge < -0.3 is 5.32 Å². The summed E-state index contributed by atoms with van der Waals surface area (Å²) in [5, 5.41) is 5.71. The van der Waals surface area contributed by atoms with E-state index in [0.29, 0.717) is 6.04 Å². The minimum absolute atomic E-state index is 0.537. The lowest BCUT2D eigenvalue weighted by molar-refractivity contribution is 0.590. The number of rotatable bonds is 4. The zero-order valence-corrected chi connectivity index (χ0v) is 12.4. The molecule has 0 saturated heterocycles. The van der Waals surface area contributed by atoms with E-state index in [1.165, 1.54) is 27.1 Å². The fraction of sp³-hybridized carbons (Fsp3) is 0.375. The van der Waals surface area contributed by atoms with Crippen molar-refractivity contribution in [3.63, 3.8) is 0 Å². The normalized spacial score (nSPS) is 11.2. The first-order chi connectivity index (χ1) is 8.56. The highest BCUT2D eigenvalue weighted by atomic mass is 32.1. The maximum atomic E-state index is 3.46. The summed E-state index contributed by atoms with van der Waals surface area (Å²) in [5.41, 5.74) is 5.43. The van der Waals surface area contributed by atoms with Crippen LogP contribution in [0.3, 0.4) is 0 Å². The van der Waals surface area contributed by atoms with Crippen LogP contribution in [0.4, 0.5) is 0 Å². The smallest absolute Gasteiger partial charge is 0.0348 e. The van der Waals surface area contributed by atoms with Gasteiger partial charge in [-0.3, -0.25) is 0 Å². The van der Waals surface area contributed by atoms with Crippen LogP contribution in [0.15, 0.2) is 29.6 Å². The molecule has 2 heteroatoms. The number of aryl methyl sites for hydroxylation is 2. The molecule has 0 saturated carbocycles. The van der Waals surface area contributed by atoms with Crippen molar-refractivity contribution in [1.29, 1.82) is 0 Å². The van der Waals surface area contributed by atoms with Crippen LogP contribution in [0.1, 0.15) is 30.5 Å². The van der Waals surface area contributed by atoms with Crippen LogP contribution in [0.25, 0.3) is 10.4 Å². The van der Waals surface area contributed by atoms with E-state index in [0.717, 1.165) is 6.54 Å². The molecule has 2 rings (SSSR count). The molecule has 96 valence electrons. The fourth-order valence-electron chi connectivity index (χ4n) is 2.02. The monoisotopic (exact) mass is 259 g/mol. The summed E-state index contributed by atoms with van der Waals surface area (Å²) in [6.45, 7) is 9.64. The van der Waals surface area contributed by atoms with E-state index in [-0.39, 0.29) is 0 Å². The lowest BCUT2D eigenvalue weighted by Gasteiger charge is -2.06. The number of nitrogens with one attached hydrogen (secondary N) is 1. The van der Waals surface area contributed by atoms with Crippen molar-refractivity contribution in [1.82, 2.24) is 5.32 Å². The third kappa shape index (κ3) is 3.21. The van der Waals surface area contributed by atoms with Crippen molar-refractivity contribution in [2.75, 3.05) is 0 Å². The molecule has 0 aliphatic rings. The Bertz CT molecular complexity index is 526. The van der Waals surface area contributed by atoms with Crippen LogP contribution in [0, 0.1) is 13.8 Å². The Kier molecular flexibility index (Phi) is 4.20. The van der Waals surface area contributed by atoms with Gasteiger partial charge in [0.15, 0.2) is 0 Å². The zero-order chi connectivity index (χ0) is 13.1. The molecular formula is C16H21NS. The Morgan fingerprint density at radius 3 is 2.61 bits per heavy atom. The van der Waals surface area contributed by atoms with Gasteiger partial charge in [-0.15, -0.1) is 11.3 Å². The highest BCUT2D eigenvalue weighted by Gasteiger charge is 2.06. The van der Waals surface area contributed by atoms with E-state index < -0.39 is 0 Å². The number of hydrogen-bond donors (Lipinski definition) is 1. The first-order valence-electron chi connectivity index (χ1n) is 6.44. The third-order valence-corrected chi connectivity index (χ3v) is 4.03. The van der Waals surface area contributed by atoms with Crippen molar-refractivity contribution < 1.29 is 0 Å². The molecule has 1 aromatic carbocycles. The van der Waals surface area contributed by atoms with Crippen molar-refractivity contribution in [2.24, 2.45) is 0 Å². The Hall–Kier alpha value is -1.12. The summed E-state index contributed by atoms with van der Waals surface area (Å²) in [7, 11) is 0. The maximum Gasteiger partial charge on any atom is 0.0348 e. The minimum atomic E-state index is 0.537. The van der Waals surface area contributed by atoms with Gasteiger partial charge in [-0.2, -0.15) is 0 Å². The van der Waals surface area contributed by atoms with E-state index in [1.54, 1.807) is 0 Å². The minimum Gasteiger partial charge on any atom is -0.310 e. The molecule has 1 nitrogen and oxygen atoms in total. The fourth-order valence-corrected chi connectivity index (χ4v) is 3.03. The van der Waals surface area contributed by atoms with E-state index in [9.17, 15) is 0 Å². The zero-order valence-electron chi connectivity index (χ0n) is 11.6. The second-order valence-electron chi connectivity index (χ2n) is 5.17. The van der Waals surface area contributed by atoms with Crippen molar-refractivity contribution in [2.45, 2.75) is 40.3 Å². The van der Waals surface area contributed by atoms with E-state index in [4.69, 9.17) is 0 Å². The Morgan fingerprint density at radius 2 is 1.94 bits per heavy atom. The molecule has 1 N–H and O–H groups in total. The topological polar surface area (TPSA) is 12.0 Å². The summed E-state index contributed by atoms with van der Waals surface area (Å²) in [6.07, 6.45) is 0. The van der Waals surface area contributed by atoms with Gasteiger partial charge in [0.1, 0.15) is 0 Å². The average Bonchev–Trinajstić information content (AvgIpc) is 2.75. The highest BCUT2D eigenvalue weighted by molar-refractivity contribution is 7.13. The number of hydrogen-bond acceptors (Lipinski definition) is 2. The molecule has 0 bridgehead atoms. The summed E-state index contributed by atoms with van der Waals surface area (Å²) in [4.78, 5) is 1.37. The van der Waals surface area contributed by atoms with Gasteiger partial charge in [0.05, 0.1) is 0 Å². The van der Waals surface area contributed by atoms with Crippen LogP contribution in [-0.4, -0.2) is 6.04 Å². The van der Waals surface area contributed by atoms with Crippen molar-refractivity contribution in [3.8, 4) is 10.4 Å². The van der Waals surface area contributed by atoms with Gasteiger partial charge in [0, 0.05) is 17.5 Å². The molecule has 0 atom stereocenters. The molecule has 1 heterocycles. The lowest BCUT2D eigenvalue weighted by Crippen LogP contribution is -2.21. The van der Waals surface area contributed by atoms with E-state index in [1.807, 2.05) is 11.3 Å². The summed E-state index contributed by atoms with van der Waals surface area (Å²) >= 11 is 1.83. The summed E-state index contributed by atoms with van der Waals surface area (Å²) < 4.78 is 0. The molecule has 0 aliphatic carbocycles. The predicted molar refractivity (Wildman–Crippen MR) is 81.2 cm³/mol. The van der Waals surface area contributed by atoms with Gasteiger partial charge in [-0.05, 0) is 42.0 Å². The Balaban J connectivity index is 2.18. The standard InChI is InChI=1S/C16H21NS/c1-11(2)17-9-14-8-16(18-10-14)15-6-5-12(3)7-13(15)4/h5-8,10-11,17H,9H2,1-4H3. The quantitative estimate of drug-likeness (QED) is 0.850. The third-order valence-electron chi connectivity index (χ3n) is 3.02. The van der Waals surface area contributed by atoms with Gasteiger partial charge in [0.2, 0.25) is 0 Å². The maximum absolute atomic E-state index is 3.46. The second-order valence-corrected chi connectivity index (χ2v) is 6.08. The first-order valence-corrected chi connectivity index (χ1v) is 7.32. The predicted octanol–water partition coefficient (Wildman–Crippen LogP) is 4.53. The molecule has 0 spiro atoms. The molecule has 0 radical (unpaired) electrons. The summed E-state index contributed by atoms with van der Waals surface area (Å²) in [5.74, 6) is 0. The van der Waals surface area contributed by atoms with Gasteiger partial charge in [-0.1, -0.05) is 37.6 Å². The molecule has 0 fully saturated rings. The Labute approximate surface area is 114 Å². The molecule has 18 heavy (non-hydrogen) atoms. The van der Waals surface area contributed by atoms with Crippen molar-refractivity contribution in [3.05, 3.63) is 46.3 Å². The van der Waals surface area contributed by atoms with E-state index in [2.05, 4.69) is 62.7 Å². The molecule has 0 amide bonds. The second kappa shape index (κ2) is 5.68. The largest absolute Gasteiger partial charge is 0.310 e. The van der Waals surface area contributed by atoms with Crippen LogP contribution >= 0.6 is 11.3 Å². The summed E-state index contributed by atoms with van der Waals surface area (Å²) in [6, 6.07) is 9.51. The first kappa shape index (κ1) is 13.3. The van der Waals surface area contributed by atoms with Gasteiger partial charge in [0.25, 0.3) is 0 Å². The average molecular weight is 259 g/mol. The molecule has 0 unspecified atom stereocenters. The van der Waals surface area contributed by atoms with Crippen molar-refractivity contribution >= 4 is 11.3 Å². The molecule has 2 aromatic rings. The van der Waals surface area contributed by atoms with E-state index >= 15 is 0 Å². The number of benzene rings is 1. The molecule has 1 aromatic heterocycles. The Morgan fingerprint density at radius 1 is 1.17 bits per heavy atom. The number of thiophene rings is 1. The SMILES string of the molecule is Cc1ccc(-c2cc(CNC(C)C)cs2)c(C)c1. The van der Waals surface area contributed by atoms with Gasteiger partial charge in [-0.25, -0.2) is 0 Å². The van der Waals surface area contributed by atoms with Crippen LogP contribution in [0.2, 0.25) is 0 Å². The van der Waals surface area contributed by atoms with Gasteiger partial charge >= 0.3 is 0 Å². The van der Waals surface area contributed by atoms with Crippen LogP contribution in [-0.2, 0) is 6.54 Å². The lowest BCUT2D eigenvalue weighted by atomic mass is 10.0. The molecule has 0 aliphatic heterocycles.